The van der Waals surface area contributed by atoms with Crippen LogP contribution in [0.1, 0.15) is 6.42 Å². The van der Waals surface area contributed by atoms with Gasteiger partial charge in [0.25, 0.3) is 0 Å². The molecule has 80 valence electrons. The van der Waals surface area contributed by atoms with E-state index in [0.29, 0.717) is 13.0 Å². The van der Waals surface area contributed by atoms with Crippen LogP contribution in [0, 0.1) is 15.9 Å². The van der Waals surface area contributed by atoms with E-state index in [9.17, 15) is 14.5 Å². The van der Waals surface area contributed by atoms with E-state index >= 15 is 0 Å². The normalized spacial score (nSPS) is 9.67. The van der Waals surface area contributed by atoms with Gasteiger partial charge >= 0.3 is 5.69 Å². The molecule has 0 aliphatic carbocycles. The molecule has 1 aromatic carbocycles. The van der Waals surface area contributed by atoms with Crippen LogP contribution >= 0.6 is 0 Å². The fourth-order valence-electron chi connectivity index (χ4n) is 1.15. The Hall–Kier alpha value is -1.91. The molecule has 0 aliphatic heterocycles. The Balaban J connectivity index is 2.90. The first kappa shape index (κ1) is 11.2. The summed E-state index contributed by atoms with van der Waals surface area (Å²) < 4.78 is 13.1. The lowest BCUT2D eigenvalue weighted by molar-refractivity contribution is -0.386. The Morgan fingerprint density at radius 2 is 2.33 bits per heavy atom. The van der Waals surface area contributed by atoms with Crippen molar-refractivity contribution < 1.29 is 9.31 Å². The van der Waals surface area contributed by atoms with Crippen LogP contribution in [0.4, 0.5) is 15.8 Å². The van der Waals surface area contributed by atoms with Gasteiger partial charge in [-0.1, -0.05) is 12.1 Å². The SMILES string of the molecule is C=CCCNc1cccc(F)c1[N+](=O)[O-]. The summed E-state index contributed by atoms with van der Waals surface area (Å²) in [6, 6.07) is 3.97. The molecule has 0 fully saturated rings. The molecule has 1 rings (SSSR count). The summed E-state index contributed by atoms with van der Waals surface area (Å²) in [5.41, 5.74) is -0.316. The molecule has 0 saturated carbocycles. The van der Waals surface area contributed by atoms with Gasteiger partial charge in [-0.3, -0.25) is 10.1 Å². The molecule has 5 heteroatoms. The second-order valence-corrected chi connectivity index (χ2v) is 2.90. The van der Waals surface area contributed by atoms with Crippen molar-refractivity contribution in [1.29, 1.82) is 0 Å². The first-order valence-electron chi connectivity index (χ1n) is 4.44. The molecule has 0 aromatic heterocycles. The van der Waals surface area contributed by atoms with E-state index in [1.807, 2.05) is 0 Å². The van der Waals surface area contributed by atoms with E-state index in [4.69, 9.17) is 0 Å². The Morgan fingerprint density at radius 1 is 1.60 bits per heavy atom. The van der Waals surface area contributed by atoms with Crippen molar-refractivity contribution in [1.82, 2.24) is 0 Å². The molecule has 1 N–H and O–H groups in total. The number of rotatable bonds is 5. The Bertz CT molecular complexity index is 380. The average Bonchev–Trinajstić information content (AvgIpc) is 2.17. The van der Waals surface area contributed by atoms with Gasteiger partial charge in [0.1, 0.15) is 5.69 Å². The van der Waals surface area contributed by atoms with Gasteiger partial charge in [0.2, 0.25) is 5.82 Å². The molecule has 15 heavy (non-hydrogen) atoms. The van der Waals surface area contributed by atoms with E-state index in [-0.39, 0.29) is 5.69 Å². The molecule has 0 amide bonds. The molecule has 0 atom stereocenters. The van der Waals surface area contributed by atoms with E-state index in [2.05, 4.69) is 11.9 Å². The number of para-hydroxylation sites is 1. The highest BCUT2D eigenvalue weighted by molar-refractivity contribution is 5.61. The summed E-state index contributed by atoms with van der Waals surface area (Å²) in [5, 5.41) is 13.4. The molecular weight excluding hydrogens is 199 g/mol. The van der Waals surface area contributed by atoms with Crippen LogP contribution in [-0.4, -0.2) is 11.5 Å². The quantitative estimate of drug-likeness (QED) is 0.352. The lowest BCUT2D eigenvalue weighted by Crippen LogP contribution is -2.04. The second kappa shape index (κ2) is 5.09. The van der Waals surface area contributed by atoms with Crippen LogP contribution in [0.2, 0.25) is 0 Å². The number of anilines is 1. The first-order chi connectivity index (χ1) is 7.16. The predicted octanol–water partition coefficient (Wildman–Crippen LogP) is 2.72. The number of hydrogen-bond donors (Lipinski definition) is 1. The minimum absolute atomic E-state index is 0.196. The summed E-state index contributed by atoms with van der Waals surface area (Å²) in [4.78, 5) is 9.85. The van der Waals surface area contributed by atoms with Gasteiger partial charge in [-0.05, 0) is 18.6 Å². The minimum Gasteiger partial charge on any atom is -0.379 e. The first-order valence-corrected chi connectivity index (χ1v) is 4.44. The summed E-state index contributed by atoms with van der Waals surface area (Å²) in [6.07, 6.45) is 2.34. The van der Waals surface area contributed by atoms with Gasteiger partial charge in [0, 0.05) is 6.54 Å². The Labute approximate surface area is 86.6 Å². The fraction of sp³-hybridized carbons (Fsp3) is 0.200. The van der Waals surface area contributed by atoms with Gasteiger partial charge in [-0.2, -0.15) is 4.39 Å². The van der Waals surface area contributed by atoms with Gasteiger partial charge in [0.15, 0.2) is 0 Å². The van der Waals surface area contributed by atoms with Gasteiger partial charge < -0.3 is 5.32 Å². The number of halogens is 1. The molecule has 0 spiro atoms. The molecule has 0 heterocycles. The standard InChI is InChI=1S/C10H11FN2O2/c1-2-3-7-12-9-6-4-5-8(11)10(9)13(14)15/h2,4-6,12H,1,3,7H2. The largest absolute Gasteiger partial charge is 0.379 e. The molecule has 0 aliphatic rings. The Morgan fingerprint density at radius 3 is 2.93 bits per heavy atom. The molecule has 0 saturated heterocycles. The van der Waals surface area contributed by atoms with Crippen LogP contribution in [0.5, 0.6) is 0 Å². The van der Waals surface area contributed by atoms with Crippen molar-refractivity contribution in [3.05, 3.63) is 46.8 Å². The minimum atomic E-state index is -0.830. The van der Waals surface area contributed by atoms with Gasteiger partial charge in [0.05, 0.1) is 4.92 Å². The highest BCUT2D eigenvalue weighted by atomic mass is 19.1. The third kappa shape index (κ3) is 2.77. The summed E-state index contributed by atoms with van der Waals surface area (Å²) >= 11 is 0. The van der Waals surface area contributed by atoms with Crippen LogP contribution in [0.25, 0.3) is 0 Å². The second-order valence-electron chi connectivity index (χ2n) is 2.90. The molecular formula is C10H11FN2O2. The van der Waals surface area contributed by atoms with Crippen LogP contribution in [-0.2, 0) is 0 Å². The van der Waals surface area contributed by atoms with Crippen molar-refractivity contribution in [2.45, 2.75) is 6.42 Å². The van der Waals surface area contributed by atoms with E-state index in [0.717, 1.165) is 6.07 Å². The third-order valence-electron chi connectivity index (χ3n) is 1.83. The topological polar surface area (TPSA) is 55.2 Å². The van der Waals surface area contributed by atoms with E-state index in [1.54, 1.807) is 6.08 Å². The smallest absolute Gasteiger partial charge is 0.327 e. The van der Waals surface area contributed by atoms with Crippen molar-refractivity contribution >= 4 is 11.4 Å². The highest BCUT2D eigenvalue weighted by Crippen LogP contribution is 2.26. The number of nitrogens with one attached hydrogen (secondary N) is 1. The zero-order valence-electron chi connectivity index (χ0n) is 8.07. The van der Waals surface area contributed by atoms with E-state index < -0.39 is 16.4 Å². The number of hydrogen-bond acceptors (Lipinski definition) is 3. The Kier molecular flexibility index (Phi) is 3.79. The van der Waals surface area contributed by atoms with Crippen molar-refractivity contribution in [3.63, 3.8) is 0 Å². The highest BCUT2D eigenvalue weighted by Gasteiger charge is 2.18. The monoisotopic (exact) mass is 210 g/mol. The summed E-state index contributed by atoms with van der Waals surface area (Å²) in [6.45, 7) is 4.01. The van der Waals surface area contributed by atoms with Crippen molar-refractivity contribution in [2.75, 3.05) is 11.9 Å². The summed E-state index contributed by atoms with van der Waals surface area (Å²) in [7, 11) is 0. The lowest BCUT2D eigenvalue weighted by Gasteiger charge is -2.05. The molecule has 0 bridgehead atoms. The van der Waals surface area contributed by atoms with Crippen molar-refractivity contribution in [3.8, 4) is 0 Å². The zero-order chi connectivity index (χ0) is 11.3. The lowest BCUT2D eigenvalue weighted by atomic mass is 10.2. The van der Waals surface area contributed by atoms with Crippen molar-refractivity contribution in [2.24, 2.45) is 0 Å². The number of nitrogens with zero attached hydrogens (tertiary/aromatic N) is 1. The van der Waals surface area contributed by atoms with Gasteiger partial charge in [-0.25, -0.2) is 0 Å². The zero-order valence-corrected chi connectivity index (χ0v) is 8.07. The number of nitro groups is 1. The van der Waals surface area contributed by atoms with Crippen LogP contribution < -0.4 is 5.32 Å². The van der Waals surface area contributed by atoms with Crippen LogP contribution in [0.3, 0.4) is 0 Å². The number of benzene rings is 1. The van der Waals surface area contributed by atoms with E-state index in [1.165, 1.54) is 12.1 Å². The average molecular weight is 210 g/mol. The fourth-order valence-corrected chi connectivity index (χ4v) is 1.15. The molecule has 4 nitrogen and oxygen atoms in total. The maximum Gasteiger partial charge on any atom is 0.327 e. The number of nitro benzene ring substituents is 1. The predicted molar refractivity (Wildman–Crippen MR) is 56.4 cm³/mol. The maximum atomic E-state index is 13.1. The maximum absolute atomic E-state index is 13.1. The van der Waals surface area contributed by atoms with Gasteiger partial charge in [-0.15, -0.1) is 6.58 Å². The third-order valence-corrected chi connectivity index (χ3v) is 1.83. The van der Waals surface area contributed by atoms with Crippen LogP contribution in [0.15, 0.2) is 30.9 Å². The molecule has 0 radical (unpaired) electrons. The molecule has 0 unspecified atom stereocenters. The molecule has 1 aromatic rings. The summed E-state index contributed by atoms with van der Waals surface area (Å²) in [5.74, 6) is -0.830.